The third-order valence-corrected chi connectivity index (χ3v) is 3.61. The molecule has 0 N–H and O–H groups in total. The fourth-order valence-corrected chi connectivity index (χ4v) is 2.55. The fourth-order valence-electron chi connectivity index (χ4n) is 2.55. The molecule has 23 heavy (non-hydrogen) atoms. The molecule has 5 nitrogen and oxygen atoms in total. The number of amides is 2. The number of allylic oxidation sites excluding steroid dienone is 1. The highest BCUT2D eigenvalue weighted by Crippen LogP contribution is 2.27. The Morgan fingerprint density at radius 1 is 1.30 bits per heavy atom. The van der Waals surface area contributed by atoms with Crippen LogP contribution in [0.25, 0.3) is 0 Å². The quantitative estimate of drug-likeness (QED) is 0.326. The maximum atomic E-state index is 12.6. The van der Waals surface area contributed by atoms with Crippen LogP contribution >= 0.6 is 0 Å². The van der Waals surface area contributed by atoms with Gasteiger partial charge in [-0.2, -0.15) is 0 Å². The molecule has 5 heteroatoms. The van der Waals surface area contributed by atoms with E-state index in [2.05, 4.69) is 6.92 Å². The number of esters is 1. The molecule has 1 heterocycles. The van der Waals surface area contributed by atoms with Crippen molar-refractivity contribution in [2.24, 2.45) is 5.92 Å². The number of hydrogen-bond acceptors (Lipinski definition) is 4. The molecule has 2 amide bonds. The summed E-state index contributed by atoms with van der Waals surface area (Å²) in [6.07, 6.45) is 4.69. The van der Waals surface area contributed by atoms with Gasteiger partial charge in [-0.3, -0.25) is 14.5 Å². The van der Waals surface area contributed by atoms with Crippen molar-refractivity contribution in [3.63, 3.8) is 0 Å². The lowest BCUT2D eigenvalue weighted by Gasteiger charge is -2.30. The van der Waals surface area contributed by atoms with Crippen molar-refractivity contribution >= 4 is 17.8 Å². The highest BCUT2D eigenvalue weighted by molar-refractivity contribution is 6.15. The van der Waals surface area contributed by atoms with Crippen LogP contribution in [0.5, 0.6) is 0 Å². The van der Waals surface area contributed by atoms with Crippen molar-refractivity contribution < 1.29 is 19.1 Å². The van der Waals surface area contributed by atoms with Crippen molar-refractivity contribution in [3.05, 3.63) is 11.6 Å². The second-order valence-corrected chi connectivity index (χ2v) is 7.34. The first-order valence-electron chi connectivity index (χ1n) is 8.36. The number of carbonyl (C=O) groups excluding carboxylic acids is 3. The summed E-state index contributed by atoms with van der Waals surface area (Å²) in [6.45, 7) is 11.0. The number of carbonyl (C=O) groups is 3. The molecule has 1 atom stereocenters. The molecule has 1 fully saturated rings. The summed E-state index contributed by atoms with van der Waals surface area (Å²) in [5.74, 6) is -1.39. The molecule has 0 saturated carbocycles. The van der Waals surface area contributed by atoms with Crippen molar-refractivity contribution in [1.82, 2.24) is 4.90 Å². The van der Waals surface area contributed by atoms with Crippen LogP contribution in [0, 0.1) is 5.92 Å². The summed E-state index contributed by atoms with van der Waals surface area (Å²) in [5.41, 5.74) is -0.159. The van der Waals surface area contributed by atoms with Crippen LogP contribution in [0.4, 0.5) is 0 Å². The number of unbranched alkanes of at least 4 members (excludes halogenated alkanes) is 2. The van der Waals surface area contributed by atoms with Crippen LogP contribution in [0.3, 0.4) is 0 Å². The predicted molar refractivity (Wildman–Crippen MR) is 88.5 cm³/mol. The SMILES string of the molecule is CCCC/C=C1\CC(=O)N([C@H](C(=O)OC(C)(C)C)C(C)C)C1=O. The summed E-state index contributed by atoms with van der Waals surface area (Å²) in [7, 11) is 0. The van der Waals surface area contributed by atoms with E-state index in [-0.39, 0.29) is 24.2 Å². The molecule has 0 aliphatic carbocycles. The lowest BCUT2D eigenvalue weighted by atomic mass is 10.0. The Labute approximate surface area is 139 Å². The first kappa shape index (κ1) is 19.4. The van der Waals surface area contributed by atoms with Gasteiger partial charge in [0.1, 0.15) is 11.6 Å². The van der Waals surface area contributed by atoms with E-state index in [1.165, 1.54) is 0 Å². The van der Waals surface area contributed by atoms with Gasteiger partial charge >= 0.3 is 5.97 Å². The van der Waals surface area contributed by atoms with E-state index in [0.717, 1.165) is 24.2 Å². The Kier molecular flexibility index (Phi) is 6.54. The van der Waals surface area contributed by atoms with E-state index in [1.807, 2.05) is 19.9 Å². The van der Waals surface area contributed by atoms with Gasteiger partial charge in [0.25, 0.3) is 5.91 Å². The van der Waals surface area contributed by atoms with Crippen LogP contribution in [0.1, 0.15) is 67.2 Å². The molecule has 1 rings (SSSR count). The van der Waals surface area contributed by atoms with Gasteiger partial charge in [0, 0.05) is 5.57 Å². The van der Waals surface area contributed by atoms with Gasteiger partial charge in [-0.15, -0.1) is 0 Å². The van der Waals surface area contributed by atoms with Crippen LogP contribution in [0.2, 0.25) is 0 Å². The van der Waals surface area contributed by atoms with E-state index in [4.69, 9.17) is 4.74 Å². The number of nitrogens with zero attached hydrogens (tertiary/aromatic N) is 1. The Balaban J connectivity index is 2.99. The summed E-state index contributed by atoms with van der Waals surface area (Å²) in [5, 5.41) is 0. The standard InChI is InChI=1S/C18H29NO4/c1-7-8-9-10-13-11-14(20)19(16(13)21)15(12(2)3)17(22)23-18(4,5)6/h10,12,15H,7-9,11H2,1-6H3/b13-10+/t15-/m0/s1. The largest absolute Gasteiger partial charge is 0.458 e. The molecule has 0 bridgehead atoms. The smallest absolute Gasteiger partial charge is 0.330 e. The molecule has 1 saturated heterocycles. The topological polar surface area (TPSA) is 63.7 Å². The minimum Gasteiger partial charge on any atom is -0.458 e. The minimum atomic E-state index is -0.869. The van der Waals surface area contributed by atoms with Gasteiger partial charge < -0.3 is 4.74 Å². The summed E-state index contributed by atoms with van der Waals surface area (Å²) < 4.78 is 5.40. The number of ether oxygens (including phenoxy) is 1. The first-order chi connectivity index (χ1) is 10.6. The Morgan fingerprint density at radius 3 is 2.39 bits per heavy atom. The van der Waals surface area contributed by atoms with E-state index in [9.17, 15) is 14.4 Å². The molecule has 1 aliphatic heterocycles. The normalized spacial score (nSPS) is 18.9. The lowest BCUT2D eigenvalue weighted by Crippen LogP contribution is -2.50. The van der Waals surface area contributed by atoms with E-state index >= 15 is 0 Å². The highest BCUT2D eigenvalue weighted by Gasteiger charge is 2.44. The zero-order chi connectivity index (χ0) is 17.8. The molecule has 0 aromatic rings. The Bertz CT molecular complexity index is 500. The second kappa shape index (κ2) is 7.75. The zero-order valence-electron chi connectivity index (χ0n) is 15.1. The maximum absolute atomic E-state index is 12.6. The molecule has 0 aromatic heterocycles. The maximum Gasteiger partial charge on any atom is 0.330 e. The van der Waals surface area contributed by atoms with Crippen molar-refractivity contribution in [1.29, 1.82) is 0 Å². The lowest BCUT2D eigenvalue weighted by molar-refractivity contribution is -0.168. The Morgan fingerprint density at radius 2 is 1.91 bits per heavy atom. The fraction of sp³-hybridized carbons (Fsp3) is 0.722. The van der Waals surface area contributed by atoms with Crippen molar-refractivity contribution in [2.45, 2.75) is 78.9 Å². The summed E-state index contributed by atoms with van der Waals surface area (Å²) in [6, 6.07) is -0.869. The second-order valence-electron chi connectivity index (χ2n) is 7.34. The van der Waals surface area contributed by atoms with Crippen molar-refractivity contribution in [2.75, 3.05) is 0 Å². The number of likely N-dealkylation sites (tertiary alicyclic amines) is 1. The van der Waals surface area contributed by atoms with Gasteiger partial charge in [-0.05, 0) is 33.1 Å². The van der Waals surface area contributed by atoms with Crippen LogP contribution in [-0.2, 0) is 19.1 Å². The van der Waals surface area contributed by atoms with Gasteiger partial charge in [0.2, 0.25) is 5.91 Å². The van der Waals surface area contributed by atoms with Gasteiger partial charge in [-0.25, -0.2) is 4.79 Å². The molecule has 0 radical (unpaired) electrons. The average molecular weight is 323 g/mol. The van der Waals surface area contributed by atoms with Crippen molar-refractivity contribution in [3.8, 4) is 0 Å². The summed E-state index contributed by atoms with van der Waals surface area (Å²) in [4.78, 5) is 38.4. The molecule has 0 spiro atoms. The predicted octanol–water partition coefficient (Wildman–Crippen LogP) is 3.23. The number of rotatable bonds is 6. The Hall–Kier alpha value is -1.65. The monoisotopic (exact) mass is 323 g/mol. The molecule has 0 unspecified atom stereocenters. The van der Waals surface area contributed by atoms with Crippen LogP contribution in [-0.4, -0.2) is 34.3 Å². The highest BCUT2D eigenvalue weighted by atomic mass is 16.6. The molecule has 0 aromatic carbocycles. The molecular formula is C18H29NO4. The van der Waals surface area contributed by atoms with E-state index < -0.39 is 17.6 Å². The third kappa shape index (κ3) is 5.19. The molecular weight excluding hydrogens is 294 g/mol. The van der Waals surface area contributed by atoms with Gasteiger partial charge in [0.05, 0.1) is 6.42 Å². The molecule has 1 aliphatic rings. The van der Waals surface area contributed by atoms with E-state index in [1.54, 1.807) is 20.8 Å². The number of imide groups is 1. The number of hydrogen-bond donors (Lipinski definition) is 0. The van der Waals surface area contributed by atoms with Crippen LogP contribution in [0.15, 0.2) is 11.6 Å². The molecule has 130 valence electrons. The van der Waals surface area contributed by atoms with Crippen LogP contribution < -0.4 is 0 Å². The minimum absolute atomic E-state index is 0.0779. The third-order valence-electron chi connectivity index (χ3n) is 3.61. The van der Waals surface area contributed by atoms with E-state index in [0.29, 0.717) is 5.57 Å². The summed E-state index contributed by atoms with van der Waals surface area (Å²) >= 11 is 0. The van der Waals surface area contributed by atoms with Gasteiger partial charge in [0.15, 0.2) is 0 Å². The first-order valence-corrected chi connectivity index (χ1v) is 8.36. The average Bonchev–Trinajstić information content (AvgIpc) is 2.65. The zero-order valence-corrected chi connectivity index (χ0v) is 15.1. The van der Waals surface area contributed by atoms with Gasteiger partial charge in [-0.1, -0.05) is 39.7 Å².